The number of hydrogen-bond acceptors (Lipinski definition) is 4. The quantitative estimate of drug-likeness (QED) is 0.668. The van der Waals surface area contributed by atoms with Crippen molar-refractivity contribution in [1.82, 2.24) is 0 Å². The zero-order chi connectivity index (χ0) is 12.0. The first-order valence-corrected chi connectivity index (χ1v) is 7.01. The summed E-state index contributed by atoms with van der Waals surface area (Å²) in [4.78, 5) is 0. The highest BCUT2D eigenvalue weighted by atomic mass is 31.2. The van der Waals surface area contributed by atoms with Crippen molar-refractivity contribution in [1.29, 1.82) is 0 Å². The molecule has 0 aliphatic heterocycles. The lowest BCUT2D eigenvalue weighted by molar-refractivity contribution is 0.148. The van der Waals surface area contributed by atoms with E-state index in [0.717, 1.165) is 12.8 Å². The van der Waals surface area contributed by atoms with Gasteiger partial charge in [0.1, 0.15) is 5.76 Å². The Morgan fingerprint density at radius 3 is 2.44 bits per heavy atom. The van der Waals surface area contributed by atoms with Crippen LogP contribution in [-0.2, 0) is 18.1 Å². The fourth-order valence-corrected chi connectivity index (χ4v) is 2.61. The van der Waals surface area contributed by atoms with Gasteiger partial charge in [0.15, 0.2) is 0 Å². The molecule has 0 radical (unpaired) electrons. The van der Waals surface area contributed by atoms with Crippen molar-refractivity contribution in [2.75, 3.05) is 13.2 Å². The highest BCUT2D eigenvalue weighted by Crippen LogP contribution is 2.51. The van der Waals surface area contributed by atoms with Crippen molar-refractivity contribution in [2.45, 2.75) is 33.6 Å². The Labute approximate surface area is 96.9 Å². The van der Waals surface area contributed by atoms with Crippen molar-refractivity contribution in [3.63, 3.8) is 0 Å². The third-order valence-corrected chi connectivity index (χ3v) is 3.65. The number of phosphoric acid groups is 1. The molecule has 1 aliphatic rings. The first-order chi connectivity index (χ1) is 7.59. The predicted octanol–water partition coefficient (Wildman–Crippen LogP) is 3.81. The van der Waals surface area contributed by atoms with Gasteiger partial charge >= 0.3 is 7.82 Å². The maximum Gasteiger partial charge on any atom is 0.530 e. The summed E-state index contributed by atoms with van der Waals surface area (Å²) in [6, 6.07) is 0. The molecule has 1 aliphatic carbocycles. The molecule has 92 valence electrons. The van der Waals surface area contributed by atoms with Gasteiger partial charge in [-0.3, -0.25) is 9.05 Å². The molecule has 0 N–H and O–H groups in total. The Kier molecular flexibility index (Phi) is 5.26. The molecule has 0 bridgehead atoms. The number of rotatable bonds is 6. The van der Waals surface area contributed by atoms with Crippen LogP contribution in [0.3, 0.4) is 0 Å². The zero-order valence-electron chi connectivity index (χ0n) is 10.1. The van der Waals surface area contributed by atoms with Crippen LogP contribution in [0.1, 0.15) is 33.6 Å². The highest BCUT2D eigenvalue weighted by molar-refractivity contribution is 7.48. The van der Waals surface area contributed by atoms with E-state index in [4.69, 9.17) is 13.6 Å². The molecule has 0 atom stereocenters. The van der Waals surface area contributed by atoms with Crippen LogP contribution >= 0.6 is 7.82 Å². The summed E-state index contributed by atoms with van der Waals surface area (Å²) in [7, 11) is -3.43. The number of allylic oxidation sites excluding steroid dienone is 3. The monoisotopic (exact) mass is 246 g/mol. The van der Waals surface area contributed by atoms with E-state index < -0.39 is 7.82 Å². The average Bonchev–Trinajstić information content (AvgIpc) is 2.17. The minimum atomic E-state index is -3.43. The fraction of sp³-hybridized carbons (Fsp3) is 0.636. The summed E-state index contributed by atoms with van der Waals surface area (Å²) < 4.78 is 27.5. The van der Waals surface area contributed by atoms with Gasteiger partial charge in [0.25, 0.3) is 0 Å². The van der Waals surface area contributed by atoms with E-state index >= 15 is 0 Å². The second-order valence-electron chi connectivity index (χ2n) is 3.51. The van der Waals surface area contributed by atoms with Gasteiger partial charge in [-0.05, 0) is 45.8 Å². The maximum atomic E-state index is 12.1. The molecule has 5 heteroatoms. The second-order valence-corrected chi connectivity index (χ2v) is 5.10. The van der Waals surface area contributed by atoms with Crippen LogP contribution < -0.4 is 0 Å². The van der Waals surface area contributed by atoms with Gasteiger partial charge in [0.2, 0.25) is 0 Å². The van der Waals surface area contributed by atoms with Crippen LogP contribution in [0.15, 0.2) is 23.5 Å². The Morgan fingerprint density at radius 1 is 1.31 bits per heavy atom. The lowest BCUT2D eigenvalue weighted by atomic mass is 10.1. The van der Waals surface area contributed by atoms with Crippen molar-refractivity contribution in [2.24, 2.45) is 0 Å². The fourth-order valence-electron chi connectivity index (χ4n) is 1.41. The Balaban J connectivity index is 2.68. The predicted molar refractivity (Wildman–Crippen MR) is 63.0 cm³/mol. The SMILES string of the molecule is CCOP(=O)(OCC)OC1=CCCC(C)=C1. The summed E-state index contributed by atoms with van der Waals surface area (Å²) in [5.41, 5.74) is 1.21. The Bertz CT molecular complexity index is 323. The lowest BCUT2D eigenvalue weighted by Gasteiger charge is -2.19. The smallest absolute Gasteiger partial charge is 0.404 e. The van der Waals surface area contributed by atoms with Gasteiger partial charge in [-0.15, -0.1) is 0 Å². The Hall–Kier alpha value is -0.570. The van der Waals surface area contributed by atoms with Crippen LogP contribution in [0, 0.1) is 0 Å². The Morgan fingerprint density at radius 2 is 1.94 bits per heavy atom. The van der Waals surface area contributed by atoms with Crippen LogP contribution in [-0.4, -0.2) is 13.2 Å². The molecule has 0 amide bonds. The highest BCUT2D eigenvalue weighted by Gasteiger charge is 2.28. The van der Waals surface area contributed by atoms with Crippen LogP contribution in [0.4, 0.5) is 0 Å². The van der Waals surface area contributed by atoms with Gasteiger partial charge in [0, 0.05) is 0 Å². The third kappa shape index (κ3) is 4.12. The van der Waals surface area contributed by atoms with Gasteiger partial charge in [-0.2, -0.15) is 0 Å². The minimum Gasteiger partial charge on any atom is -0.404 e. The molecule has 0 unspecified atom stereocenters. The molecule has 0 saturated carbocycles. The zero-order valence-corrected chi connectivity index (χ0v) is 11.0. The van der Waals surface area contributed by atoms with E-state index in [9.17, 15) is 4.57 Å². The van der Waals surface area contributed by atoms with Crippen LogP contribution in [0.5, 0.6) is 0 Å². The van der Waals surface area contributed by atoms with Crippen molar-refractivity contribution >= 4 is 7.82 Å². The summed E-state index contributed by atoms with van der Waals surface area (Å²) in [6.45, 7) is 6.12. The number of hydrogen-bond donors (Lipinski definition) is 0. The van der Waals surface area contributed by atoms with Gasteiger partial charge < -0.3 is 4.52 Å². The van der Waals surface area contributed by atoms with E-state index in [1.807, 2.05) is 19.1 Å². The molecule has 0 fully saturated rings. The van der Waals surface area contributed by atoms with E-state index in [-0.39, 0.29) is 0 Å². The molecule has 0 saturated heterocycles. The van der Waals surface area contributed by atoms with Gasteiger partial charge in [0.05, 0.1) is 13.2 Å². The average molecular weight is 246 g/mol. The third-order valence-electron chi connectivity index (χ3n) is 2.06. The molecule has 0 aromatic carbocycles. The molecule has 4 nitrogen and oxygen atoms in total. The summed E-state index contributed by atoms with van der Waals surface area (Å²) in [5, 5.41) is 0. The van der Waals surface area contributed by atoms with Crippen molar-refractivity contribution < 1.29 is 18.1 Å². The largest absolute Gasteiger partial charge is 0.530 e. The van der Waals surface area contributed by atoms with E-state index in [2.05, 4.69) is 0 Å². The normalized spacial score (nSPS) is 16.7. The molecular formula is C11H19O4P. The molecule has 0 aromatic heterocycles. The lowest BCUT2D eigenvalue weighted by Crippen LogP contribution is -2.01. The minimum absolute atomic E-state index is 0.299. The topological polar surface area (TPSA) is 44.8 Å². The standard InChI is InChI=1S/C11H19O4P/c1-4-13-16(12,14-5-2)15-11-8-6-7-10(3)9-11/h8-9H,4-7H2,1-3H3. The van der Waals surface area contributed by atoms with E-state index in [1.54, 1.807) is 13.8 Å². The maximum absolute atomic E-state index is 12.1. The first-order valence-electron chi connectivity index (χ1n) is 5.55. The molecule has 0 aromatic rings. The van der Waals surface area contributed by atoms with E-state index in [1.165, 1.54) is 5.57 Å². The first kappa shape index (κ1) is 13.5. The van der Waals surface area contributed by atoms with Crippen LogP contribution in [0.2, 0.25) is 0 Å². The summed E-state index contributed by atoms with van der Waals surface area (Å²) in [5.74, 6) is 0.578. The molecule has 16 heavy (non-hydrogen) atoms. The van der Waals surface area contributed by atoms with Gasteiger partial charge in [-0.1, -0.05) is 5.57 Å². The van der Waals surface area contributed by atoms with Crippen LogP contribution in [0.25, 0.3) is 0 Å². The molecular weight excluding hydrogens is 227 g/mol. The van der Waals surface area contributed by atoms with Crippen molar-refractivity contribution in [3.05, 3.63) is 23.5 Å². The second kappa shape index (κ2) is 6.24. The summed E-state index contributed by atoms with van der Waals surface area (Å²) in [6.07, 6.45) is 5.68. The van der Waals surface area contributed by atoms with Crippen molar-refractivity contribution in [3.8, 4) is 0 Å². The van der Waals surface area contributed by atoms with E-state index in [0.29, 0.717) is 19.0 Å². The number of phosphoric ester groups is 1. The molecule has 1 rings (SSSR count). The van der Waals surface area contributed by atoms with Gasteiger partial charge in [-0.25, -0.2) is 4.57 Å². The molecule has 0 spiro atoms. The summed E-state index contributed by atoms with van der Waals surface area (Å²) >= 11 is 0. The molecule has 0 heterocycles.